The van der Waals surface area contributed by atoms with E-state index in [4.69, 9.17) is 5.11 Å². The van der Waals surface area contributed by atoms with Crippen LogP contribution in [0.1, 0.15) is 19.0 Å². The summed E-state index contributed by atoms with van der Waals surface area (Å²) in [6, 6.07) is 3.80. The van der Waals surface area contributed by atoms with Crippen molar-refractivity contribution in [3.05, 3.63) is 24.0 Å². The van der Waals surface area contributed by atoms with Gasteiger partial charge >= 0.3 is 0 Å². The molecule has 3 nitrogen and oxygen atoms in total. The minimum absolute atomic E-state index is 0.391. The average Bonchev–Trinajstić information content (AvgIpc) is 2.66. The van der Waals surface area contributed by atoms with E-state index in [2.05, 4.69) is 12.2 Å². The predicted molar refractivity (Wildman–Crippen MR) is 58.5 cm³/mol. The molecule has 1 aromatic heterocycles. The standard InChI is InChI=1S/C11H18F2N2O/c1-2-5-15-6-3-4-10(15)7-14-8-11(12,13)9-16/h3-4,6,14,16H,2,5,7-9H2,1H3. The Hall–Kier alpha value is -0.940. The summed E-state index contributed by atoms with van der Waals surface area (Å²) in [5.41, 5.74) is 0.982. The zero-order valence-corrected chi connectivity index (χ0v) is 9.42. The maximum absolute atomic E-state index is 12.7. The normalized spacial score (nSPS) is 12.0. The summed E-state index contributed by atoms with van der Waals surface area (Å²) >= 11 is 0. The van der Waals surface area contributed by atoms with E-state index in [0.29, 0.717) is 6.54 Å². The predicted octanol–water partition coefficient (Wildman–Crippen LogP) is 1.62. The van der Waals surface area contributed by atoms with Gasteiger partial charge in [-0.1, -0.05) is 6.92 Å². The topological polar surface area (TPSA) is 37.2 Å². The Kier molecular flexibility index (Phi) is 4.89. The molecule has 1 heterocycles. The minimum atomic E-state index is -3.04. The van der Waals surface area contributed by atoms with Crippen molar-refractivity contribution in [2.24, 2.45) is 0 Å². The van der Waals surface area contributed by atoms with E-state index >= 15 is 0 Å². The third kappa shape index (κ3) is 3.90. The Balaban J connectivity index is 2.39. The number of aromatic nitrogens is 1. The van der Waals surface area contributed by atoms with Crippen LogP contribution in [0.2, 0.25) is 0 Å². The fourth-order valence-electron chi connectivity index (χ4n) is 1.50. The van der Waals surface area contributed by atoms with Gasteiger partial charge in [-0.25, -0.2) is 8.78 Å². The van der Waals surface area contributed by atoms with Crippen LogP contribution in [0.3, 0.4) is 0 Å². The van der Waals surface area contributed by atoms with E-state index in [9.17, 15) is 8.78 Å². The molecule has 5 heteroatoms. The summed E-state index contributed by atoms with van der Waals surface area (Å²) in [7, 11) is 0. The van der Waals surface area contributed by atoms with E-state index in [0.717, 1.165) is 18.7 Å². The largest absolute Gasteiger partial charge is 0.390 e. The number of rotatable bonds is 7. The lowest BCUT2D eigenvalue weighted by molar-refractivity contribution is -0.0478. The lowest BCUT2D eigenvalue weighted by atomic mass is 10.3. The molecular weight excluding hydrogens is 214 g/mol. The van der Waals surface area contributed by atoms with Gasteiger partial charge in [0.25, 0.3) is 5.92 Å². The first-order valence-corrected chi connectivity index (χ1v) is 5.42. The van der Waals surface area contributed by atoms with Gasteiger partial charge in [0.2, 0.25) is 0 Å². The Morgan fingerprint density at radius 3 is 2.88 bits per heavy atom. The first-order chi connectivity index (χ1) is 7.59. The molecule has 0 aromatic carbocycles. The van der Waals surface area contributed by atoms with Crippen LogP contribution in [-0.2, 0) is 13.1 Å². The molecule has 2 N–H and O–H groups in total. The average molecular weight is 232 g/mol. The van der Waals surface area contributed by atoms with Gasteiger partial charge in [-0.2, -0.15) is 0 Å². The van der Waals surface area contributed by atoms with Crippen molar-refractivity contribution in [1.82, 2.24) is 9.88 Å². The Morgan fingerprint density at radius 1 is 1.50 bits per heavy atom. The molecule has 0 aliphatic rings. The van der Waals surface area contributed by atoms with Gasteiger partial charge in [0.15, 0.2) is 0 Å². The third-order valence-electron chi connectivity index (χ3n) is 2.31. The summed E-state index contributed by atoms with van der Waals surface area (Å²) < 4.78 is 27.5. The molecule has 1 rings (SSSR count). The molecule has 0 fully saturated rings. The number of aliphatic hydroxyl groups excluding tert-OH is 1. The highest BCUT2D eigenvalue weighted by molar-refractivity contribution is 5.06. The molecule has 0 radical (unpaired) electrons. The second-order valence-electron chi connectivity index (χ2n) is 3.81. The first-order valence-electron chi connectivity index (χ1n) is 5.42. The molecule has 0 aliphatic heterocycles. The van der Waals surface area contributed by atoms with Gasteiger partial charge in [-0.15, -0.1) is 0 Å². The van der Waals surface area contributed by atoms with E-state index in [1.807, 2.05) is 22.9 Å². The molecule has 0 unspecified atom stereocenters. The Labute approximate surface area is 94.1 Å². The first kappa shape index (κ1) is 13.1. The fraction of sp³-hybridized carbons (Fsp3) is 0.636. The van der Waals surface area contributed by atoms with Crippen LogP contribution in [0.25, 0.3) is 0 Å². The maximum Gasteiger partial charge on any atom is 0.282 e. The van der Waals surface area contributed by atoms with Crippen LogP contribution in [0, 0.1) is 0 Å². The van der Waals surface area contributed by atoms with Gasteiger partial charge in [0.1, 0.15) is 6.61 Å². The Bertz CT molecular complexity index is 313. The highest BCUT2D eigenvalue weighted by atomic mass is 19.3. The molecule has 0 amide bonds. The van der Waals surface area contributed by atoms with Gasteiger partial charge in [0, 0.05) is 25.0 Å². The molecule has 16 heavy (non-hydrogen) atoms. The highest BCUT2D eigenvalue weighted by Crippen LogP contribution is 2.10. The molecule has 0 saturated carbocycles. The zero-order valence-electron chi connectivity index (χ0n) is 9.42. The van der Waals surface area contributed by atoms with Crippen LogP contribution in [-0.4, -0.2) is 28.7 Å². The Morgan fingerprint density at radius 2 is 2.25 bits per heavy atom. The minimum Gasteiger partial charge on any atom is -0.390 e. The molecule has 0 atom stereocenters. The van der Waals surface area contributed by atoms with Crippen molar-refractivity contribution in [2.75, 3.05) is 13.2 Å². The number of aliphatic hydroxyl groups is 1. The number of aryl methyl sites for hydroxylation is 1. The fourth-order valence-corrected chi connectivity index (χ4v) is 1.50. The van der Waals surface area contributed by atoms with Crippen molar-refractivity contribution in [2.45, 2.75) is 32.4 Å². The molecule has 0 spiro atoms. The molecule has 92 valence electrons. The highest BCUT2D eigenvalue weighted by Gasteiger charge is 2.26. The SMILES string of the molecule is CCCn1cccc1CNCC(F)(F)CO. The second kappa shape index (κ2) is 5.96. The van der Waals surface area contributed by atoms with Gasteiger partial charge in [0.05, 0.1) is 6.54 Å². The van der Waals surface area contributed by atoms with Gasteiger partial charge in [-0.3, -0.25) is 0 Å². The quantitative estimate of drug-likeness (QED) is 0.749. The van der Waals surface area contributed by atoms with Crippen molar-refractivity contribution in [3.8, 4) is 0 Å². The second-order valence-corrected chi connectivity index (χ2v) is 3.81. The van der Waals surface area contributed by atoms with E-state index in [1.165, 1.54) is 0 Å². The summed E-state index contributed by atoms with van der Waals surface area (Å²) in [6.07, 6.45) is 2.94. The molecule has 0 saturated heterocycles. The van der Waals surface area contributed by atoms with Crippen LogP contribution in [0.15, 0.2) is 18.3 Å². The number of alkyl halides is 2. The number of hydrogen-bond acceptors (Lipinski definition) is 2. The third-order valence-corrected chi connectivity index (χ3v) is 2.31. The van der Waals surface area contributed by atoms with Gasteiger partial charge in [-0.05, 0) is 18.6 Å². The summed E-state index contributed by atoms with van der Waals surface area (Å²) in [6.45, 7) is 1.73. The van der Waals surface area contributed by atoms with Crippen molar-refractivity contribution in [1.29, 1.82) is 0 Å². The number of nitrogens with zero attached hydrogens (tertiary/aromatic N) is 1. The smallest absolute Gasteiger partial charge is 0.282 e. The molecule has 0 bridgehead atoms. The van der Waals surface area contributed by atoms with Crippen LogP contribution in [0.4, 0.5) is 8.78 Å². The van der Waals surface area contributed by atoms with E-state index < -0.39 is 19.1 Å². The maximum atomic E-state index is 12.7. The van der Waals surface area contributed by atoms with Gasteiger partial charge < -0.3 is 15.0 Å². The van der Waals surface area contributed by atoms with Crippen LogP contribution >= 0.6 is 0 Å². The summed E-state index contributed by atoms with van der Waals surface area (Å²) in [5, 5.41) is 11.0. The molecule has 1 aromatic rings. The molecular formula is C11H18F2N2O. The number of halogens is 2. The molecule has 0 aliphatic carbocycles. The van der Waals surface area contributed by atoms with E-state index in [1.54, 1.807) is 0 Å². The number of nitrogens with one attached hydrogen (secondary N) is 1. The summed E-state index contributed by atoms with van der Waals surface area (Å²) in [5.74, 6) is -3.04. The zero-order chi connectivity index (χ0) is 12.0. The van der Waals surface area contributed by atoms with Crippen LogP contribution in [0.5, 0.6) is 0 Å². The number of hydrogen-bond donors (Lipinski definition) is 2. The van der Waals surface area contributed by atoms with Crippen molar-refractivity contribution >= 4 is 0 Å². The lowest BCUT2D eigenvalue weighted by Crippen LogP contribution is -2.35. The van der Waals surface area contributed by atoms with Crippen molar-refractivity contribution in [3.63, 3.8) is 0 Å². The lowest BCUT2D eigenvalue weighted by Gasteiger charge is -2.14. The van der Waals surface area contributed by atoms with E-state index in [-0.39, 0.29) is 0 Å². The monoisotopic (exact) mass is 232 g/mol. The van der Waals surface area contributed by atoms with Crippen molar-refractivity contribution < 1.29 is 13.9 Å². The summed E-state index contributed by atoms with van der Waals surface area (Å²) in [4.78, 5) is 0. The van der Waals surface area contributed by atoms with Crippen LogP contribution < -0.4 is 5.32 Å².